The first kappa shape index (κ1) is 13.8. The first-order chi connectivity index (χ1) is 10.3. The van der Waals surface area contributed by atoms with Gasteiger partial charge in [0.05, 0.1) is 6.61 Å². The molecular weight excluding hydrogens is 264 g/mol. The molecule has 1 aromatic heterocycles. The molecule has 3 rings (SSSR count). The highest BCUT2D eigenvalue weighted by Crippen LogP contribution is 2.21. The van der Waals surface area contributed by atoms with E-state index in [9.17, 15) is 0 Å². The minimum absolute atomic E-state index is 0.510. The fraction of sp³-hybridized carbons (Fsp3) is 0.438. The molecule has 0 N–H and O–H groups in total. The van der Waals surface area contributed by atoms with Gasteiger partial charge in [-0.3, -0.25) is 0 Å². The summed E-state index contributed by atoms with van der Waals surface area (Å²) in [6.45, 7) is 4.77. The standard InChI is InChI=1S/C16H20N4O/c1-13-4-2-6-15(8-13)21-10-14-5-3-7-20(9-14)16-18-11-17-12-19-16/h2,4,6,8,11-12,14H,3,5,7,9-10H2,1H3/t14-/m1/s1. The van der Waals surface area contributed by atoms with E-state index in [4.69, 9.17) is 4.74 Å². The maximum Gasteiger partial charge on any atom is 0.228 e. The Morgan fingerprint density at radius 1 is 1.29 bits per heavy atom. The van der Waals surface area contributed by atoms with Gasteiger partial charge in [-0.25, -0.2) is 15.0 Å². The van der Waals surface area contributed by atoms with Crippen molar-refractivity contribution in [2.45, 2.75) is 19.8 Å². The van der Waals surface area contributed by atoms with Crippen LogP contribution in [0.1, 0.15) is 18.4 Å². The third kappa shape index (κ3) is 3.68. The first-order valence-corrected chi connectivity index (χ1v) is 7.37. The number of rotatable bonds is 4. The molecule has 0 spiro atoms. The van der Waals surface area contributed by atoms with Crippen molar-refractivity contribution in [2.75, 3.05) is 24.6 Å². The Hall–Kier alpha value is -2.17. The Kier molecular flexibility index (Phi) is 4.28. The maximum absolute atomic E-state index is 5.93. The molecule has 1 aliphatic rings. The third-order valence-electron chi connectivity index (χ3n) is 3.76. The molecule has 1 fully saturated rings. The lowest BCUT2D eigenvalue weighted by molar-refractivity contribution is 0.228. The lowest BCUT2D eigenvalue weighted by Crippen LogP contribution is -2.38. The van der Waals surface area contributed by atoms with Crippen molar-refractivity contribution in [1.82, 2.24) is 15.0 Å². The molecule has 5 nitrogen and oxygen atoms in total. The summed E-state index contributed by atoms with van der Waals surface area (Å²) >= 11 is 0. The van der Waals surface area contributed by atoms with Gasteiger partial charge in [0.15, 0.2) is 0 Å². The van der Waals surface area contributed by atoms with E-state index in [-0.39, 0.29) is 0 Å². The molecule has 5 heteroatoms. The van der Waals surface area contributed by atoms with Gasteiger partial charge in [0.2, 0.25) is 5.95 Å². The Morgan fingerprint density at radius 2 is 2.14 bits per heavy atom. The lowest BCUT2D eigenvalue weighted by atomic mass is 9.99. The summed E-state index contributed by atoms with van der Waals surface area (Å²) < 4.78 is 5.93. The average Bonchev–Trinajstić information content (AvgIpc) is 2.54. The molecule has 0 aliphatic carbocycles. The van der Waals surface area contributed by atoms with Crippen LogP contribution >= 0.6 is 0 Å². The number of benzene rings is 1. The lowest BCUT2D eigenvalue weighted by Gasteiger charge is -2.32. The smallest absolute Gasteiger partial charge is 0.228 e. The molecule has 1 aliphatic heterocycles. The summed E-state index contributed by atoms with van der Waals surface area (Å²) in [6, 6.07) is 8.20. The van der Waals surface area contributed by atoms with E-state index in [1.807, 2.05) is 12.1 Å². The topological polar surface area (TPSA) is 51.1 Å². The second-order valence-electron chi connectivity index (χ2n) is 5.52. The van der Waals surface area contributed by atoms with Crippen molar-refractivity contribution in [3.8, 4) is 5.75 Å². The Bertz CT molecular complexity index is 575. The van der Waals surface area contributed by atoms with Crippen LogP contribution in [0.15, 0.2) is 36.9 Å². The van der Waals surface area contributed by atoms with Gasteiger partial charge >= 0.3 is 0 Å². The van der Waals surface area contributed by atoms with E-state index >= 15 is 0 Å². The number of aryl methyl sites for hydroxylation is 1. The monoisotopic (exact) mass is 284 g/mol. The molecule has 1 atom stereocenters. The van der Waals surface area contributed by atoms with Crippen molar-refractivity contribution < 1.29 is 4.74 Å². The Labute approximate surface area is 125 Å². The molecule has 110 valence electrons. The van der Waals surface area contributed by atoms with Gasteiger partial charge in [-0.1, -0.05) is 12.1 Å². The maximum atomic E-state index is 5.93. The fourth-order valence-corrected chi connectivity index (χ4v) is 2.70. The Morgan fingerprint density at radius 3 is 2.95 bits per heavy atom. The van der Waals surface area contributed by atoms with Crippen LogP contribution < -0.4 is 9.64 Å². The van der Waals surface area contributed by atoms with Crippen LogP contribution in [-0.4, -0.2) is 34.6 Å². The van der Waals surface area contributed by atoms with E-state index in [1.165, 1.54) is 12.0 Å². The van der Waals surface area contributed by atoms with Crippen molar-refractivity contribution >= 4 is 5.95 Å². The summed E-state index contributed by atoms with van der Waals surface area (Å²) in [5.41, 5.74) is 1.22. The van der Waals surface area contributed by atoms with Crippen LogP contribution in [0.25, 0.3) is 0 Å². The van der Waals surface area contributed by atoms with Crippen LogP contribution in [0.3, 0.4) is 0 Å². The minimum atomic E-state index is 0.510. The number of nitrogens with zero attached hydrogens (tertiary/aromatic N) is 4. The average molecular weight is 284 g/mol. The highest BCUT2D eigenvalue weighted by Gasteiger charge is 2.22. The third-order valence-corrected chi connectivity index (χ3v) is 3.76. The Balaban J connectivity index is 1.57. The van der Waals surface area contributed by atoms with Crippen molar-refractivity contribution in [2.24, 2.45) is 5.92 Å². The SMILES string of the molecule is Cc1cccc(OC[C@@H]2CCCN(c3ncncn3)C2)c1. The van der Waals surface area contributed by atoms with Gasteiger partial charge < -0.3 is 9.64 Å². The van der Waals surface area contributed by atoms with Crippen molar-refractivity contribution in [3.63, 3.8) is 0 Å². The number of anilines is 1. The normalized spacial score (nSPS) is 18.5. The van der Waals surface area contributed by atoms with Crippen LogP contribution in [0.4, 0.5) is 5.95 Å². The highest BCUT2D eigenvalue weighted by molar-refractivity contribution is 5.29. The fourth-order valence-electron chi connectivity index (χ4n) is 2.70. The molecule has 0 bridgehead atoms. The number of aromatic nitrogens is 3. The summed E-state index contributed by atoms with van der Waals surface area (Å²) in [6.07, 6.45) is 5.44. The summed E-state index contributed by atoms with van der Waals surface area (Å²) in [5, 5.41) is 0. The quantitative estimate of drug-likeness (QED) is 0.863. The second-order valence-corrected chi connectivity index (χ2v) is 5.52. The molecule has 2 heterocycles. The van der Waals surface area contributed by atoms with E-state index in [1.54, 1.807) is 12.7 Å². The zero-order valence-corrected chi connectivity index (χ0v) is 12.3. The molecule has 0 saturated carbocycles. The number of ether oxygens (including phenoxy) is 1. The van der Waals surface area contributed by atoms with Gasteiger partial charge in [0.1, 0.15) is 18.4 Å². The molecule has 0 amide bonds. The highest BCUT2D eigenvalue weighted by atomic mass is 16.5. The van der Waals surface area contributed by atoms with Crippen LogP contribution in [0, 0.1) is 12.8 Å². The largest absolute Gasteiger partial charge is 0.493 e. The van der Waals surface area contributed by atoms with Gasteiger partial charge in [0.25, 0.3) is 0 Å². The zero-order valence-electron chi connectivity index (χ0n) is 12.3. The summed E-state index contributed by atoms with van der Waals surface area (Å²) in [5.74, 6) is 2.23. The number of piperidine rings is 1. The van der Waals surface area contributed by atoms with Crippen LogP contribution in [0.2, 0.25) is 0 Å². The molecule has 2 aromatic rings. The predicted octanol–water partition coefficient (Wildman–Crippen LogP) is 2.48. The zero-order chi connectivity index (χ0) is 14.5. The second kappa shape index (κ2) is 6.52. The van der Waals surface area contributed by atoms with Gasteiger partial charge in [0, 0.05) is 19.0 Å². The van der Waals surface area contributed by atoms with Crippen molar-refractivity contribution in [1.29, 1.82) is 0 Å². The molecule has 1 aromatic carbocycles. The van der Waals surface area contributed by atoms with E-state index < -0.39 is 0 Å². The molecule has 21 heavy (non-hydrogen) atoms. The van der Waals surface area contributed by atoms with E-state index in [0.29, 0.717) is 5.92 Å². The molecular formula is C16H20N4O. The first-order valence-electron chi connectivity index (χ1n) is 7.37. The van der Waals surface area contributed by atoms with E-state index in [2.05, 4.69) is 38.9 Å². The van der Waals surface area contributed by atoms with Crippen molar-refractivity contribution in [3.05, 3.63) is 42.5 Å². The minimum Gasteiger partial charge on any atom is -0.493 e. The predicted molar refractivity (Wildman–Crippen MR) is 81.4 cm³/mol. The molecule has 0 radical (unpaired) electrons. The van der Waals surface area contributed by atoms with Crippen LogP contribution in [-0.2, 0) is 0 Å². The van der Waals surface area contributed by atoms with Gasteiger partial charge in [-0.15, -0.1) is 0 Å². The molecule has 1 saturated heterocycles. The molecule has 0 unspecified atom stereocenters. The van der Waals surface area contributed by atoms with Crippen LogP contribution in [0.5, 0.6) is 5.75 Å². The summed E-state index contributed by atoms with van der Waals surface area (Å²) in [7, 11) is 0. The van der Waals surface area contributed by atoms with Gasteiger partial charge in [-0.2, -0.15) is 0 Å². The summed E-state index contributed by atoms with van der Waals surface area (Å²) in [4.78, 5) is 14.5. The van der Waals surface area contributed by atoms with Gasteiger partial charge in [-0.05, 0) is 37.5 Å². The van der Waals surface area contributed by atoms with E-state index in [0.717, 1.165) is 37.8 Å². The number of hydrogen-bond donors (Lipinski definition) is 0. The number of hydrogen-bond acceptors (Lipinski definition) is 5.